The van der Waals surface area contributed by atoms with Crippen molar-refractivity contribution in [2.45, 2.75) is 26.3 Å². The van der Waals surface area contributed by atoms with E-state index in [-0.39, 0.29) is 16.8 Å². The third-order valence-corrected chi connectivity index (χ3v) is 2.83. The Morgan fingerprint density at radius 2 is 2.11 bits per heavy atom. The maximum absolute atomic E-state index is 11.8. The lowest BCUT2D eigenvalue weighted by atomic mass is 9.99. The third kappa shape index (κ3) is 3.66. The topological polar surface area (TPSA) is 92.2 Å². The van der Waals surface area contributed by atoms with E-state index in [2.05, 4.69) is 15.5 Å². The summed E-state index contributed by atoms with van der Waals surface area (Å²) in [5, 5.41) is 18.7. The highest BCUT2D eigenvalue weighted by Crippen LogP contribution is 2.09. The predicted molar refractivity (Wildman–Crippen MR) is 65.4 cm³/mol. The second-order valence-corrected chi connectivity index (χ2v) is 4.30. The summed E-state index contributed by atoms with van der Waals surface area (Å²) in [6.45, 7) is 3.61. The molecule has 18 heavy (non-hydrogen) atoms. The molecule has 1 aromatic heterocycles. The van der Waals surface area contributed by atoms with Gasteiger partial charge in [-0.2, -0.15) is 0 Å². The molecule has 98 valence electrons. The Kier molecular flexibility index (Phi) is 5.03. The first kappa shape index (κ1) is 14.4. The molecule has 6 nitrogen and oxygen atoms in total. The van der Waals surface area contributed by atoms with Crippen LogP contribution in [0.25, 0.3) is 0 Å². The number of nitrogens with one attached hydrogen (secondary N) is 1. The Morgan fingerprint density at radius 1 is 1.44 bits per heavy atom. The van der Waals surface area contributed by atoms with E-state index in [4.69, 9.17) is 16.7 Å². The lowest BCUT2D eigenvalue weighted by Gasteiger charge is -2.19. The Balaban J connectivity index is 2.78. The van der Waals surface area contributed by atoms with Crippen LogP contribution in [0.5, 0.6) is 0 Å². The van der Waals surface area contributed by atoms with E-state index >= 15 is 0 Å². The van der Waals surface area contributed by atoms with Gasteiger partial charge in [-0.1, -0.05) is 31.9 Å². The first-order valence-electron chi connectivity index (χ1n) is 5.48. The van der Waals surface area contributed by atoms with Crippen LogP contribution in [0, 0.1) is 5.92 Å². The summed E-state index contributed by atoms with van der Waals surface area (Å²) in [4.78, 5) is 22.8. The van der Waals surface area contributed by atoms with Crippen molar-refractivity contribution in [1.29, 1.82) is 0 Å². The highest BCUT2D eigenvalue weighted by atomic mass is 35.5. The van der Waals surface area contributed by atoms with Crippen molar-refractivity contribution >= 4 is 23.5 Å². The number of aromatic nitrogens is 2. The SMILES string of the molecule is CCC(C)[C@H](NC(=O)c1ccc(Cl)nn1)C(=O)O. The predicted octanol–water partition coefficient (Wildman–Crippen LogP) is 1.36. The number of carbonyl (C=O) groups excluding carboxylic acids is 1. The molecule has 0 aromatic carbocycles. The highest BCUT2D eigenvalue weighted by molar-refractivity contribution is 6.29. The smallest absolute Gasteiger partial charge is 0.326 e. The van der Waals surface area contributed by atoms with Gasteiger partial charge < -0.3 is 10.4 Å². The molecule has 1 rings (SSSR count). The van der Waals surface area contributed by atoms with Crippen LogP contribution in [0.3, 0.4) is 0 Å². The van der Waals surface area contributed by atoms with Crippen molar-refractivity contribution < 1.29 is 14.7 Å². The number of aliphatic carboxylic acids is 1. The van der Waals surface area contributed by atoms with E-state index in [0.29, 0.717) is 6.42 Å². The molecule has 0 bridgehead atoms. The molecule has 2 N–H and O–H groups in total. The third-order valence-electron chi connectivity index (χ3n) is 2.63. The molecule has 0 aliphatic rings. The maximum atomic E-state index is 11.8. The van der Waals surface area contributed by atoms with Gasteiger partial charge in [0.15, 0.2) is 10.8 Å². The van der Waals surface area contributed by atoms with Crippen LogP contribution in [0.15, 0.2) is 12.1 Å². The van der Waals surface area contributed by atoms with Gasteiger partial charge >= 0.3 is 5.97 Å². The van der Waals surface area contributed by atoms with Gasteiger partial charge in [0.2, 0.25) is 0 Å². The van der Waals surface area contributed by atoms with Crippen LogP contribution in [0.1, 0.15) is 30.8 Å². The minimum Gasteiger partial charge on any atom is -0.480 e. The zero-order valence-electron chi connectivity index (χ0n) is 10.1. The van der Waals surface area contributed by atoms with Crippen LogP contribution in [0.4, 0.5) is 0 Å². The van der Waals surface area contributed by atoms with Gasteiger partial charge in [-0.05, 0) is 18.1 Å². The monoisotopic (exact) mass is 271 g/mol. The van der Waals surface area contributed by atoms with E-state index in [0.717, 1.165) is 0 Å². The first-order valence-corrected chi connectivity index (χ1v) is 5.86. The Hall–Kier alpha value is -1.69. The van der Waals surface area contributed by atoms with Crippen molar-refractivity contribution in [1.82, 2.24) is 15.5 Å². The van der Waals surface area contributed by atoms with E-state index < -0.39 is 17.9 Å². The summed E-state index contributed by atoms with van der Waals surface area (Å²) in [7, 11) is 0. The zero-order valence-corrected chi connectivity index (χ0v) is 10.8. The number of carboxylic acids is 1. The second-order valence-electron chi connectivity index (χ2n) is 3.92. The molecule has 0 spiro atoms. The fourth-order valence-corrected chi connectivity index (χ4v) is 1.44. The summed E-state index contributed by atoms with van der Waals surface area (Å²) >= 11 is 5.55. The molecule has 0 saturated carbocycles. The lowest BCUT2D eigenvalue weighted by molar-refractivity contribution is -0.140. The Bertz CT molecular complexity index is 436. The number of halogens is 1. The van der Waals surface area contributed by atoms with Gasteiger partial charge in [0.25, 0.3) is 5.91 Å². The molecule has 1 heterocycles. The summed E-state index contributed by atoms with van der Waals surface area (Å²) < 4.78 is 0. The standard InChI is InChI=1S/C11H14ClN3O3/c1-3-6(2)9(11(17)18)13-10(16)7-4-5-8(12)15-14-7/h4-6,9H,3H2,1-2H3,(H,13,16)(H,17,18)/t6?,9-/m0/s1. The molecular weight excluding hydrogens is 258 g/mol. The molecule has 0 aliphatic heterocycles. The van der Waals surface area contributed by atoms with Gasteiger partial charge in [0.1, 0.15) is 6.04 Å². The lowest BCUT2D eigenvalue weighted by Crippen LogP contribution is -2.45. The van der Waals surface area contributed by atoms with Crippen LogP contribution in [-0.4, -0.2) is 33.2 Å². The minimum atomic E-state index is -1.07. The van der Waals surface area contributed by atoms with E-state index in [9.17, 15) is 9.59 Å². The number of hydrogen-bond acceptors (Lipinski definition) is 4. The summed E-state index contributed by atoms with van der Waals surface area (Å²) in [6.07, 6.45) is 0.642. The minimum absolute atomic E-state index is 0.0361. The normalized spacial score (nSPS) is 13.7. The van der Waals surface area contributed by atoms with Crippen molar-refractivity contribution in [3.05, 3.63) is 23.0 Å². The largest absolute Gasteiger partial charge is 0.480 e. The molecule has 1 unspecified atom stereocenters. The average molecular weight is 272 g/mol. The number of nitrogens with zero attached hydrogens (tertiary/aromatic N) is 2. The average Bonchev–Trinajstić information content (AvgIpc) is 2.35. The van der Waals surface area contributed by atoms with Crippen molar-refractivity contribution in [3.63, 3.8) is 0 Å². The number of carbonyl (C=O) groups is 2. The fraction of sp³-hybridized carbons (Fsp3) is 0.455. The fourth-order valence-electron chi connectivity index (χ4n) is 1.34. The zero-order chi connectivity index (χ0) is 13.7. The van der Waals surface area contributed by atoms with E-state index in [1.165, 1.54) is 12.1 Å². The first-order chi connectivity index (χ1) is 8.45. The van der Waals surface area contributed by atoms with Crippen LogP contribution >= 0.6 is 11.6 Å². The van der Waals surface area contributed by atoms with Gasteiger partial charge in [0, 0.05) is 0 Å². The van der Waals surface area contributed by atoms with Gasteiger partial charge in [-0.15, -0.1) is 10.2 Å². The van der Waals surface area contributed by atoms with Gasteiger partial charge in [0.05, 0.1) is 0 Å². The molecule has 0 fully saturated rings. The van der Waals surface area contributed by atoms with E-state index in [1.54, 1.807) is 6.92 Å². The van der Waals surface area contributed by atoms with Crippen LogP contribution < -0.4 is 5.32 Å². The summed E-state index contributed by atoms with van der Waals surface area (Å²) in [5.74, 6) is -1.82. The highest BCUT2D eigenvalue weighted by Gasteiger charge is 2.26. The molecular formula is C11H14ClN3O3. The van der Waals surface area contributed by atoms with Gasteiger partial charge in [-0.25, -0.2) is 4.79 Å². The number of carboxylic acid groups (broad SMARTS) is 1. The summed E-state index contributed by atoms with van der Waals surface area (Å²) in [5.41, 5.74) is 0.0361. The van der Waals surface area contributed by atoms with Crippen LogP contribution in [-0.2, 0) is 4.79 Å². The van der Waals surface area contributed by atoms with Crippen molar-refractivity contribution in [2.75, 3.05) is 0 Å². The summed E-state index contributed by atoms with van der Waals surface area (Å²) in [6, 6.07) is 1.86. The quantitative estimate of drug-likeness (QED) is 0.843. The Morgan fingerprint density at radius 3 is 2.56 bits per heavy atom. The Labute approximate surface area is 109 Å². The molecule has 0 aliphatic carbocycles. The number of amides is 1. The van der Waals surface area contributed by atoms with E-state index in [1.807, 2.05) is 6.92 Å². The molecule has 2 atom stereocenters. The molecule has 0 saturated heterocycles. The van der Waals surface area contributed by atoms with Gasteiger partial charge in [-0.3, -0.25) is 4.79 Å². The number of rotatable bonds is 5. The number of hydrogen-bond donors (Lipinski definition) is 2. The van der Waals surface area contributed by atoms with Crippen molar-refractivity contribution in [2.24, 2.45) is 5.92 Å². The second kappa shape index (κ2) is 6.30. The maximum Gasteiger partial charge on any atom is 0.326 e. The molecule has 0 radical (unpaired) electrons. The molecule has 1 aromatic rings. The van der Waals surface area contributed by atoms with Crippen LogP contribution in [0.2, 0.25) is 5.15 Å². The molecule has 1 amide bonds. The molecule has 7 heteroatoms. The van der Waals surface area contributed by atoms with Crippen molar-refractivity contribution in [3.8, 4) is 0 Å².